The maximum atomic E-state index is 11.5. The first kappa shape index (κ1) is 14.5. The van der Waals surface area contributed by atoms with Crippen LogP contribution in [0.15, 0.2) is 29.2 Å². The Morgan fingerprint density at radius 3 is 2.26 bits per heavy atom. The van der Waals surface area contributed by atoms with Crippen LogP contribution in [-0.4, -0.2) is 34.9 Å². The highest BCUT2D eigenvalue weighted by Crippen LogP contribution is 2.30. The second-order valence-corrected chi connectivity index (χ2v) is 7.07. The molecule has 1 aromatic rings. The molecular formula is C14H21NO3S. The quantitative estimate of drug-likeness (QED) is 0.915. The number of ether oxygens (including phenoxy) is 1. The lowest BCUT2D eigenvalue weighted by Crippen LogP contribution is -2.30. The highest BCUT2D eigenvalue weighted by atomic mass is 32.2. The highest BCUT2D eigenvalue weighted by Gasteiger charge is 2.24. The van der Waals surface area contributed by atoms with Gasteiger partial charge in [-0.05, 0) is 43.5 Å². The maximum Gasteiger partial charge on any atom is 0.175 e. The van der Waals surface area contributed by atoms with Crippen molar-refractivity contribution in [3.63, 3.8) is 0 Å². The zero-order chi connectivity index (χ0) is 13.9. The molecular weight excluding hydrogens is 262 g/mol. The van der Waals surface area contributed by atoms with Gasteiger partial charge in [0, 0.05) is 25.5 Å². The van der Waals surface area contributed by atoms with Gasteiger partial charge < -0.3 is 10.1 Å². The predicted octanol–water partition coefficient (Wildman–Crippen LogP) is 1.78. The number of hydrogen-bond acceptors (Lipinski definition) is 4. The molecule has 2 rings (SSSR count). The standard InChI is InChI=1S/C14H21NO3S/c1-15-14(12-7-9-18-10-8-12)11-3-5-13(6-4-11)19(2,16)17/h3-6,12,14-15H,7-10H2,1-2H3. The molecule has 1 aliphatic heterocycles. The van der Waals surface area contributed by atoms with Crippen LogP contribution in [0, 0.1) is 5.92 Å². The molecule has 0 aliphatic carbocycles. The lowest BCUT2D eigenvalue weighted by Gasteiger charge is -2.30. The van der Waals surface area contributed by atoms with E-state index in [1.54, 1.807) is 12.1 Å². The second kappa shape index (κ2) is 6.03. The lowest BCUT2D eigenvalue weighted by atomic mass is 9.87. The number of nitrogens with one attached hydrogen (secondary N) is 1. The number of benzene rings is 1. The Bertz CT molecular complexity index is 504. The van der Waals surface area contributed by atoms with Crippen molar-refractivity contribution in [1.29, 1.82) is 0 Å². The van der Waals surface area contributed by atoms with Gasteiger partial charge in [-0.2, -0.15) is 0 Å². The van der Waals surface area contributed by atoms with Crippen LogP contribution in [0.2, 0.25) is 0 Å². The highest BCUT2D eigenvalue weighted by molar-refractivity contribution is 7.90. The third-order valence-electron chi connectivity index (χ3n) is 3.72. The Kier molecular flexibility index (Phi) is 4.60. The summed E-state index contributed by atoms with van der Waals surface area (Å²) >= 11 is 0. The second-order valence-electron chi connectivity index (χ2n) is 5.06. The summed E-state index contributed by atoms with van der Waals surface area (Å²) in [6.07, 6.45) is 3.31. The van der Waals surface area contributed by atoms with Gasteiger partial charge in [0.15, 0.2) is 9.84 Å². The van der Waals surface area contributed by atoms with Gasteiger partial charge in [-0.1, -0.05) is 12.1 Å². The normalized spacial score (nSPS) is 19.3. The van der Waals surface area contributed by atoms with Gasteiger partial charge in [0.1, 0.15) is 0 Å². The third kappa shape index (κ3) is 3.55. The molecule has 0 spiro atoms. The van der Waals surface area contributed by atoms with Crippen molar-refractivity contribution in [3.05, 3.63) is 29.8 Å². The van der Waals surface area contributed by atoms with E-state index < -0.39 is 9.84 Å². The van der Waals surface area contributed by atoms with Crippen molar-refractivity contribution in [3.8, 4) is 0 Å². The van der Waals surface area contributed by atoms with Crippen LogP contribution in [0.5, 0.6) is 0 Å². The largest absolute Gasteiger partial charge is 0.381 e. The van der Waals surface area contributed by atoms with Crippen LogP contribution >= 0.6 is 0 Å². The molecule has 1 N–H and O–H groups in total. The van der Waals surface area contributed by atoms with Crippen molar-refractivity contribution in [2.24, 2.45) is 5.92 Å². The fourth-order valence-corrected chi connectivity index (χ4v) is 3.28. The van der Waals surface area contributed by atoms with Crippen LogP contribution in [0.3, 0.4) is 0 Å². The van der Waals surface area contributed by atoms with Crippen molar-refractivity contribution in [2.75, 3.05) is 26.5 Å². The minimum absolute atomic E-state index is 0.262. The zero-order valence-electron chi connectivity index (χ0n) is 11.4. The van der Waals surface area contributed by atoms with E-state index in [0.717, 1.165) is 31.6 Å². The van der Waals surface area contributed by atoms with Crippen LogP contribution in [0.4, 0.5) is 0 Å². The molecule has 5 heteroatoms. The summed E-state index contributed by atoms with van der Waals surface area (Å²) in [5, 5.41) is 3.34. The molecule has 1 aliphatic rings. The minimum Gasteiger partial charge on any atom is -0.381 e. The monoisotopic (exact) mass is 283 g/mol. The molecule has 1 unspecified atom stereocenters. The van der Waals surface area contributed by atoms with E-state index in [1.165, 1.54) is 6.26 Å². The van der Waals surface area contributed by atoms with Gasteiger partial charge in [0.25, 0.3) is 0 Å². The molecule has 0 aromatic heterocycles. The van der Waals surface area contributed by atoms with Crippen LogP contribution in [0.1, 0.15) is 24.4 Å². The molecule has 0 radical (unpaired) electrons. The van der Waals surface area contributed by atoms with E-state index in [4.69, 9.17) is 4.74 Å². The third-order valence-corrected chi connectivity index (χ3v) is 4.84. The van der Waals surface area contributed by atoms with Crippen LogP contribution in [-0.2, 0) is 14.6 Å². The SMILES string of the molecule is CNC(c1ccc(S(C)(=O)=O)cc1)C1CCOCC1. The van der Waals surface area contributed by atoms with Crippen molar-refractivity contribution < 1.29 is 13.2 Å². The summed E-state index contributed by atoms with van der Waals surface area (Å²) in [7, 11) is -1.17. The molecule has 1 aromatic carbocycles. The first-order valence-electron chi connectivity index (χ1n) is 6.57. The Morgan fingerprint density at radius 2 is 1.79 bits per heavy atom. The summed E-state index contributed by atoms with van der Waals surface area (Å²) in [6.45, 7) is 1.62. The van der Waals surface area contributed by atoms with E-state index in [1.807, 2.05) is 19.2 Å². The molecule has 0 bridgehead atoms. The Hall–Kier alpha value is -0.910. The molecule has 0 saturated carbocycles. The molecule has 1 fully saturated rings. The predicted molar refractivity (Wildman–Crippen MR) is 74.9 cm³/mol. The fourth-order valence-electron chi connectivity index (χ4n) is 2.65. The molecule has 19 heavy (non-hydrogen) atoms. The Morgan fingerprint density at radius 1 is 1.21 bits per heavy atom. The average molecular weight is 283 g/mol. The fraction of sp³-hybridized carbons (Fsp3) is 0.571. The first-order chi connectivity index (χ1) is 9.02. The minimum atomic E-state index is -3.12. The lowest BCUT2D eigenvalue weighted by molar-refractivity contribution is 0.0546. The zero-order valence-corrected chi connectivity index (χ0v) is 12.2. The van der Waals surface area contributed by atoms with Gasteiger partial charge in [0.05, 0.1) is 4.90 Å². The van der Waals surface area contributed by atoms with Gasteiger partial charge in [-0.3, -0.25) is 0 Å². The van der Waals surface area contributed by atoms with E-state index >= 15 is 0 Å². The molecule has 106 valence electrons. The molecule has 1 atom stereocenters. The van der Waals surface area contributed by atoms with E-state index in [0.29, 0.717) is 10.8 Å². The number of hydrogen-bond donors (Lipinski definition) is 1. The Labute approximate surface area is 115 Å². The van der Waals surface area contributed by atoms with Crippen molar-refractivity contribution >= 4 is 9.84 Å². The van der Waals surface area contributed by atoms with Gasteiger partial charge >= 0.3 is 0 Å². The summed E-state index contributed by atoms with van der Waals surface area (Å²) in [5.74, 6) is 0.544. The topological polar surface area (TPSA) is 55.4 Å². The molecule has 1 saturated heterocycles. The summed E-state index contributed by atoms with van der Waals surface area (Å²) < 4.78 is 28.3. The van der Waals surface area contributed by atoms with E-state index in [-0.39, 0.29) is 6.04 Å². The summed E-state index contributed by atoms with van der Waals surface area (Å²) in [5.41, 5.74) is 1.14. The Balaban J connectivity index is 2.19. The van der Waals surface area contributed by atoms with Crippen molar-refractivity contribution in [1.82, 2.24) is 5.32 Å². The summed E-state index contributed by atoms with van der Waals surface area (Å²) in [4.78, 5) is 0.373. The van der Waals surface area contributed by atoms with E-state index in [9.17, 15) is 8.42 Å². The molecule has 4 nitrogen and oxygen atoms in total. The summed E-state index contributed by atoms with van der Waals surface area (Å²) in [6, 6.07) is 7.46. The van der Waals surface area contributed by atoms with Gasteiger partial charge in [-0.15, -0.1) is 0 Å². The van der Waals surface area contributed by atoms with Crippen LogP contribution in [0.25, 0.3) is 0 Å². The maximum absolute atomic E-state index is 11.5. The van der Waals surface area contributed by atoms with Gasteiger partial charge in [0.2, 0.25) is 0 Å². The number of sulfone groups is 1. The average Bonchev–Trinajstić information content (AvgIpc) is 2.40. The molecule has 1 heterocycles. The van der Waals surface area contributed by atoms with Crippen LogP contribution < -0.4 is 5.32 Å². The van der Waals surface area contributed by atoms with Crippen molar-refractivity contribution in [2.45, 2.75) is 23.8 Å². The van der Waals surface area contributed by atoms with E-state index in [2.05, 4.69) is 5.32 Å². The smallest absolute Gasteiger partial charge is 0.175 e. The first-order valence-corrected chi connectivity index (χ1v) is 8.46. The molecule has 0 amide bonds. The number of rotatable bonds is 4. The van der Waals surface area contributed by atoms with Gasteiger partial charge in [-0.25, -0.2) is 8.42 Å².